The van der Waals surface area contributed by atoms with Crippen molar-refractivity contribution in [2.24, 2.45) is 0 Å². The number of rotatable bonds is 47. The molecule has 0 aromatic heterocycles. The Morgan fingerprint density at radius 2 is 0.569 bits per heavy atom. The van der Waals surface area contributed by atoms with E-state index in [0.29, 0.717) is 12.8 Å². The van der Waals surface area contributed by atoms with Crippen molar-refractivity contribution in [3.63, 3.8) is 0 Å². The normalized spacial score (nSPS) is 13.9. The van der Waals surface area contributed by atoms with Gasteiger partial charge in [-0.15, -0.1) is 0 Å². The number of ether oxygens (including phenoxy) is 2. The van der Waals surface area contributed by atoms with Crippen LogP contribution in [0.15, 0.2) is 207 Å². The number of allylic oxidation sites excluding steroid dienone is 34. The lowest BCUT2D eigenvalue weighted by Gasteiger charge is -2.15. The molecule has 0 saturated heterocycles. The van der Waals surface area contributed by atoms with E-state index < -0.39 is 6.10 Å². The first-order chi connectivity index (χ1) is 35.6. The molecule has 72 heavy (non-hydrogen) atoms. The predicted octanol–water partition coefficient (Wildman–Crippen LogP) is 19.1. The van der Waals surface area contributed by atoms with Crippen LogP contribution in [0.25, 0.3) is 0 Å². The number of esters is 2. The Balaban J connectivity index is 3.76. The first kappa shape index (κ1) is 66.5. The summed E-state index contributed by atoms with van der Waals surface area (Å²) in [6.07, 6.45) is 97.8. The molecule has 1 N–H and O–H groups in total. The maximum absolute atomic E-state index is 12.3. The third kappa shape index (κ3) is 57.1. The Morgan fingerprint density at radius 3 is 0.861 bits per heavy atom. The van der Waals surface area contributed by atoms with Crippen LogP contribution in [0.1, 0.15) is 181 Å². The summed E-state index contributed by atoms with van der Waals surface area (Å²) in [6.45, 7) is 3.81. The molecule has 0 radical (unpaired) electrons. The van der Waals surface area contributed by atoms with Crippen molar-refractivity contribution in [2.75, 3.05) is 13.2 Å². The zero-order chi connectivity index (χ0) is 52.0. The quantitative estimate of drug-likeness (QED) is 0.0374. The number of carbonyl (C=O) groups excluding carboxylic acids is 2. The summed E-state index contributed by atoms with van der Waals surface area (Å²) in [4.78, 5) is 24.5. The zero-order valence-corrected chi connectivity index (χ0v) is 45.1. The van der Waals surface area contributed by atoms with E-state index in [1.807, 2.05) is 0 Å². The number of hydrogen-bond acceptors (Lipinski definition) is 5. The molecule has 1 atom stereocenters. The fraction of sp³-hybridized carbons (Fsp3) is 0.463. The van der Waals surface area contributed by atoms with Crippen molar-refractivity contribution in [1.82, 2.24) is 0 Å². The van der Waals surface area contributed by atoms with Gasteiger partial charge < -0.3 is 14.6 Å². The van der Waals surface area contributed by atoms with Gasteiger partial charge in [-0.05, 0) is 141 Å². The van der Waals surface area contributed by atoms with E-state index in [1.54, 1.807) is 0 Å². The lowest BCUT2D eigenvalue weighted by molar-refractivity contribution is -0.161. The molecule has 0 aliphatic heterocycles. The van der Waals surface area contributed by atoms with Gasteiger partial charge in [0, 0.05) is 12.8 Å². The molecule has 0 bridgehead atoms. The minimum absolute atomic E-state index is 0.123. The number of aliphatic hydroxyl groups is 1. The van der Waals surface area contributed by atoms with Crippen molar-refractivity contribution < 1.29 is 24.2 Å². The van der Waals surface area contributed by atoms with Crippen molar-refractivity contribution >= 4 is 11.9 Å². The molecule has 0 aliphatic carbocycles. The maximum Gasteiger partial charge on any atom is 0.306 e. The summed E-state index contributed by atoms with van der Waals surface area (Å²) in [5.41, 5.74) is 0. The van der Waals surface area contributed by atoms with Crippen LogP contribution in [0.2, 0.25) is 0 Å². The molecule has 0 aromatic rings. The first-order valence-electron chi connectivity index (χ1n) is 27.6. The first-order valence-corrected chi connectivity index (χ1v) is 27.6. The highest BCUT2D eigenvalue weighted by atomic mass is 16.6. The molecule has 5 heteroatoms. The van der Waals surface area contributed by atoms with Crippen LogP contribution in [-0.2, 0) is 19.1 Å². The van der Waals surface area contributed by atoms with E-state index in [2.05, 4.69) is 220 Å². The number of hydrogen-bond donors (Lipinski definition) is 1. The van der Waals surface area contributed by atoms with E-state index in [9.17, 15) is 14.7 Å². The smallest absolute Gasteiger partial charge is 0.306 e. The van der Waals surface area contributed by atoms with Gasteiger partial charge in [-0.2, -0.15) is 0 Å². The van der Waals surface area contributed by atoms with Crippen LogP contribution >= 0.6 is 0 Å². The molecule has 0 aromatic carbocycles. The van der Waals surface area contributed by atoms with Crippen LogP contribution in [-0.4, -0.2) is 36.4 Å². The Hall–Kier alpha value is -5.52. The van der Waals surface area contributed by atoms with Gasteiger partial charge in [0.1, 0.15) is 6.61 Å². The Morgan fingerprint density at radius 1 is 0.319 bits per heavy atom. The second kappa shape index (κ2) is 59.8. The van der Waals surface area contributed by atoms with Crippen LogP contribution in [0.5, 0.6) is 0 Å². The monoisotopic (exact) mass is 983 g/mol. The van der Waals surface area contributed by atoms with Gasteiger partial charge in [0.15, 0.2) is 6.10 Å². The number of aliphatic hydroxyl groups excluding tert-OH is 1. The second-order valence-corrected chi connectivity index (χ2v) is 17.2. The van der Waals surface area contributed by atoms with Gasteiger partial charge in [0.25, 0.3) is 0 Å². The van der Waals surface area contributed by atoms with Crippen molar-refractivity contribution in [3.8, 4) is 0 Å². The Labute approximate surface area is 440 Å². The van der Waals surface area contributed by atoms with Gasteiger partial charge in [-0.25, -0.2) is 0 Å². The Kier molecular flexibility index (Phi) is 55.2. The van der Waals surface area contributed by atoms with E-state index in [0.717, 1.165) is 148 Å². The van der Waals surface area contributed by atoms with Crippen molar-refractivity contribution in [2.45, 2.75) is 187 Å². The maximum atomic E-state index is 12.3. The summed E-state index contributed by atoms with van der Waals surface area (Å²) in [5.74, 6) is -0.711. The lowest BCUT2D eigenvalue weighted by atomic mass is 10.1. The highest BCUT2D eigenvalue weighted by Gasteiger charge is 2.16. The number of unbranched alkanes of at least 4 members (excludes halogenated alkanes) is 5. The summed E-state index contributed by atoms with van der Waals surface area (Å²) in [5, 5.41) is 9.64. The van der Waals surface area contributed by atoms with Gasteiger partial charge in [-0.3, -0.25) is 9.59 Å². The molecule has 0 heterocycles. The minimum atomic E-state index is -0.828. The van der Waals surface area contributed by atoms with E-state index in [-0.39, 0.29) is 31.6 Å². The van der Waals surface area contributed by atoms with E-state index >= 15 is 0 Å². The molecule has 0 fully saturated rings. The fourth-order valence-corrected chi connectivity index (χ4v) is 6.51. The van der Waals surface area contributed by atoms with Gasteiger partial charge >= 0.3 is 11.9 Å². The highest BCUT2D eigenvalue weighted by molar-refractivity contribution is 5.70. The Bertz CT molecular complexity index is 1780. The fourth-order valence-electron chi connectivity index (χ4n) is 6.51. The average molecular weight is 984 g/mol. The lowest BCUT2D eigenvalue weighted by Crippen LogP contribution is -2.28. The second-order valence-electron chi connectivity index (χ2n) is 17.2. The molecule has 1 unspecified atom stereocenters. The van der Waals surface area contributed by atoms with Crippen LogP contribution < -0.4 is 0 Å². The molecular formula is C67H98O5. The van der Waals surface area contributed by atoms with Crippen molar-refractivity contribution in [1.29, 1.82) is 0 Å². The minimum Gasteiger partial charge on any atom is -0.462 e. The highest BCUT2D eigenvalue weighted by Crippen LogP contribution is 2.09. The molecule has 5 nitrogen and oxygen atoms in total. The molecular weight excluding hydrogens is 885 g/mol. The summed E-state index contributed by atoms with van der Waals surface area (Å²) >= 11 is 0. The summed E-state index contributed by atoms with van der Waals surface area (Å²) in [7, 11) is 0. The SMILES string of the molecule is CC/C=C\C/C=C\C/C=C\C/C=C\C/C=C\C/C=C\C/C=C\C/C=C\C/C=C\C/C=C\CCCCCCC(=O)OC(CO)COC(=O)CCC/C=C\C/C=C\C/C=C\C/C=C\C/C=C\C/C=C\C/C=C\CC. The molecule has 0 aliphatic rings. The molecule has 0 rings (SSSR count). The predicted molar refractivity (Wildman–Crippen MR) is 315 cm³/mol. The summed E-state index contributed by atoms with van der Waals surface area (Å²) in [6, 6.07) is 0. The molecule has 0 spiro atoms. The van der Waals surface area contributed by atoms with Crippen LogP contribution in [0.4, 0.5) is 0 Å². The van der Waals surface area contributed by atoms with Crippen LogP contribution in [0.3, 0.4) is 0 Å². The largest absolute Gasteiger partial charge is 0.462 e. The zero-order valence-electron chi connectivity index (χ0n) is 45.1. The average Bonchev–Trinajstić information content (AvgIpc) is 3.38. The summed E-state index contributed by atoms with van der Waals surface area (Å²) < 4.78 is 10.6. The molecule has 0 saturated carbocycles. The molecule has 0 amide bonds. The van der Waals surface area contributed by atoms with E-state index in [1.165, 1.54) is 0 Å². The standard InChI is InChI=1S/C67H98O5/c1-3-5-7-9-11-13-15-17-19-21-23-25-27-28-29-30-31-32-33-34-35-36-37-38-40-42-44-46-48-50-52-54-56-58-60-62-67(70)72-65(63-68)64-71-66(69)61-59-57-55-53-51-49-47-45-43-41-39-26-24-22-20-18-16-14-12-10-8-6-4-2/h5-8,11-14,17-20,23-26,28-29,31-32,34-35,37-38,41-44,47-50,53,55,65,68H,3-4,9-10,15-16,21-22,27,30,33,36,39-40,45-46,51-52,54,56-64H2,1-2H3/b7-5-,8-6-,13-11-,14-12-,19-17-,20-18-,25-23-,26-24-,29-28-,32-31-,35-34-,38-37-,43-41-,44-42-,49-47-,50-48-,55-53-. The van der Waals surface area contributed by atoms with Crippen molar-refractivity contribution in [3.05, 3.63) is 207 Å². The van der Waals surface area contributed by atoms with E-state index in [4.69, 9.17) is 9.47 Å². The van der Waals surface area contributed by atoms with Crippen LogP contribution in [0, 0.1) is 0 Å². The third-order valence-corrected chi connectivity index (χ3v) is 10.6. The molecule has 396 valence electrons. The number of carbonyl (C=O) groups is 2. The topological polar surface area (TPSA) is 72.8 Å². The third-order valence-electron chi connectivity index (χ3n) is 10.6. The van der Waals surface area contributed by atoms with Gasteiger partial charge in [0.2, 0.25) is 0 Å². The van der Waals surface area contributed by atoms with Gasteiger partial charge in [-0.1, -0.05) is 233 Å². The van der Waals surface area contributed by atoms with Gasteiger partial charge in [0.05, 0.1) is 6.61 Å².